The summed E-state index contributed by atoms with van der Waals surface area (Å²) in [6.45, 7) is 5.08. The van der Waals surface area contributed by atoms with Crippen LogP contribution in [0, 0.1) is 6.92 Å². The van der Waals surface area contributed by atoms with Gasteiger partial charge in [0.2, 0.25) is 0 Å². The number of amides is 1. The second kappa shape index (κ2) is 5.65. The van der Waals surface area contributed by atoms with Crippen molar-refractivity contribution in [3.63, 3.8) is 0 Å². The van der Waals surface area contributed by atoms with Crippen molar-refractivity contribution in [2.24, 2.45) is 0 Å². The lowest BCUT2D eigenvalue weighted by atomic mass is 10.2. The SMILES string of the molecule is CCN(Cc1cccs1)C(=O)c1cnc2onc(C)c2c1. The van der Waals surface area contributed by atoms with E-state index in [0.717, 1.165) is 11.1 Å². The number of hydrogen-bond donors (Lipinski definition) is 0. The fourth-order valence-electron chi connectivity index (χ4n) is 2.16. The maximum atomic E-state index is 12.6. The minimum absolute atomic E-state index is 0.0269. The fraction of sp³-hybridized carbons (Fsp3) is 0.267. The standard InChI is InChI=1S/C15H15N3O2S/c1-3-18(9-12-5-4-6-21-12)15(19)11-7-13-10(2)17-20-14(13)16-8-11/h4-8H,3,9H2,1-2H3. The van der Waals surface area contributed by atoms with E-state index in [4.69, 9.17) is 4.52 Å². The van der Waals surface area contributed by atoms with Gasteiger partial charge in [-0.05, 0) is 31.4 Å². The van der Waals surface area contributed by atoms with Gasteiger partial charge in [-0.25, -0.2) is 4.98 Å². The summed E-state index contributed by atoms with van der Waals surface area (Å²) < 4.78 is 5.07. The van der Waals surface area contributed by atoms with Crippen molar-refractivity contribution >= 4 is 28.3 Å². The maximum Gasteiger partial charge on any atom is 0.257 e. The Hall–Kier alpha value is -2.21. The van der Waals surface area contributed by atoms with Crippen molar-refractivity contribution in [1.82, 2.24) is 15.0 Å². The van der Waals surface area contributed by atoms with Crippen LogP contribution < -0.4 is 0 Å². The first-order valence-corrected chi connectivity index (χ1v) is 7.60. The summed E-state index contributed by atoms with van der Waals surface area (Å²) in [5.41, 5.74) is 1.77. The molecule has 3 aromatic rings. The number of fused-ring (bicyclic) bond motifs is 1. The number of carbonyl (C=O) groups is 1. The van der Waals surface area contributed by atoms with E-state index >= 15 is 0 Å². The van der Waals surface area contributed by atoms with Crippen molar-refractivity contribution in [3.05, 3.63) is 45.9 Å². The number of nitrogens with zero attached hydrogens (tertiary/aromatic N) is 3. The van der Waals surface area contributed by atoms with Crippen LogP contribution in [0.1, 0.15) is 27.9 Å². The van der Waals surface area contributed by atoms with Gasteiger partial charge in [0.1, 0.15) is 0 Å². The Balaban J connectivity index is 1.88. The van der Waals surface area contributed by atoms with Crippen LogP contribution in [0.2, 0.25) is 0 Å². The molecule has 0 aromatic carbocycles. The highest BCUT2D eigenvalue weighted by Crippen LogP contribution is 2.19. The van der Waals surface area contributed by atoms with Crippen molar-refractivity contribution < 1.29 is 9.32 Å². The highest BCUT2D eigenvalue weighted by atomic mass is 32.1. The quantitative estimate of drug-likeness (QED) is 0.742. The van der Waals surface area contributed by atoms with Gasteiger partial charge in [-0.1, -0.05) is 11.2 Å². The number of pyridine rings is 1. The molecule has 21 heavy (non-hydrogen) atoms. The van der Waals surface area contributed by atoms with E-state index in [9.17, 15) is 4.79 Å². The lowest BCUT2D eigenvalue weighted by molar-refractivity contribution is 0.0754. The summed E-state index contributed by atoms with van der Waals surface area (Å²) in [5, 5.41) is 6.66. The van der Waals surface area contributed by atoms with Crippen LogP contribution in [0.5, 0.6) is 0 Å². The predicted octanol–water partition coefficient (Wildman–Crippen LogP) is 3.26. The summed E-state index contributed by atoms with van der Waals surface area (Å²) in [5.74, 6) is -0.0269. The molecule has 0 aliphatic rings. The normalized spacial score (nSPS) is 11.0. The van der Waals surface area contributed by atoms with E-state index in [2.05, 4.69) is 10.1 Å². The van der Waals surface area contributed by atoms with Crippen molar-refractivity contribution in [2.75, 3.05) is 6.54 Å². The molecule has 3 heterocycles. The molecular formula is C15H15N3O2S. The molecule has 0 atom stereocenters. The average Bonchev–Trinajstić information content (AvgIpc) is 3.14. The van der Waals surface area contributed by atoms with E-state index in [1.165, 1.54) is 4.88 Å². The van der Waals surface area contributed by atoms with Crippen LogP contribution in [0.15, 0.2) is 34.3 Å². The minimum Gasteiger partial charge on any atom is -0.336 e. The van der Waals surface area contributed by atoms with Crippen LogP contribution >= 0.6 is 11.3 Å². The molecule has 0 bridgehead atoms. The van der Waals surface area contributed by atoms with Gasteiger partial charge in [0, 0.05) is 17.6 Å². The van der Waals surface area contributed by atoms with Crippen LogP contribution in [0.25, 0.3) is 11.1 Å². The third-order valence-electron chi connectivity index (χ3n) is 3.35. The fourth-order valence-corrected chi connectivity index (χ4v) is 2.88. The van der Waals surface area contributed by atoms with Gasteiger partial charge in [-0.2, -0.15) is 0 Å². The average molecular weight is 301 g/mol. The molecule has 0 aliphatic heterocycles. The highest BCUT2D eigenvalue weighted by molar-refractivity contribution is 7.09. The van der Waals surface area contributed by atoms with Crippen LogP contribution in [0.3, 0.4) is 0 Å². The minimum atomic E-state index is -0.0269. The van der Waals surface area contributed by atoms with E-state index < -0.39 is 0 Å². The van der Waals surface area contributed by atoms with Crippen LogP contribution in [-0.4, -0.2) is 27.5 Å². The molecule has 3 rings (SSSR count). The van der Waals surface area contributed by atoms with Gasteiger partial charge >= 0.3 is 0 Å². The molecule has 0 N–H and O–H groups in total. The number of aromatic nitrogens is 2. The Morgan fingerprint density at radius 2 is 2.33 bits per heavy atom. The molecule has 6 heteroatoms. The molecule has 0 aliphatic carbocycles. The molecule has 0 unspecified atom stereocenters. The first-order valence-electron chi connectivity index (χ1n) is 6.72. The number of aryl methyl sites for hydroxylation is 1. The van der Waals surface area contributed by atoms with Gasteiger partial charge < -0.3 is 9.42 Å². The van der Waals surface area contributed by atoms with Crippen molar-refractivity contribution in [2.45, 2.75) is 20.4 Å². The zero-order valence-corrected chi connectivity index (χ0v) is 12.7. The summed E-state index contributed by atoms with van der Waals surface area (Å²) >= 11 is 1.65. The lowest BCUT2D eigenvalue weighted by Gasteiger charge is -2.20. The van der Waals surface area contributed by atoms with Crippen molar-refractivity contribution in [1.29, 1.82) is 0 Å². The number of hydrogen-bond acceptors (Lipinski definition) is 5. The third-order valence-corrected chi connectivity index (χ3v) is 4.21. The van der Waals surface area contributed by atoms with Gasteiger partial charge in [0.15, 0.2) is 0 Å². The van der Waals surface area contributed by atoms with Gasteiger partial charge in [0.05, 0.1) is 23.2 Å². The zero-order chi connectivity index (χ0) is 14.8. The van der Waals surface area contributed by atoms with Crippen LogP contribution in [-0.2, 0) is 6.54 Å². The largest absolute Gasteiger partial charge is 0.336 e. The zero-order valence-electron chi connectivity index (χ0n) is 11.9. The van der Waals surface area contributed by atoms with E-state index in [-0.39, 0.29) is 5.91 Å². The molecule has 0 radical (unpaired) electrons. The second-order valence-corrected chi connectivity index (χ2v) is 5.78. The van der Waals surface area contributed by atoms with Gasteiger partial charge in [0.25, 0.3) is 11.6 Å². The number of thiophene rings is 1. The topological polar surface area (TPSA) is 59.2 Å². The summed E-state index contributed by atoms with van der Waals surface area (Å²) in [7, 11) is 0. The first kappa shape index (κ1) is 13.8. The molecule has 0 spiro atoms. The molecule has 3 aromatic heterocycles. The molecular weight excluding hydrogens is 286 g/mol. The monoisotopic (exact) mass is 301 g/mol. The van der Waals surface area contributed by atoms with Gasteiger partial charge in [-0.3, -0.25) is 4.79 Å². The van der Waals surface area contributed by atoms with Crippen molar-refractivity contribution in [3.8, 4) is 0 Å². The van der Waals surface area contributed by atoms with Gasteiger partial charge in [-0.15, -0.1) is 11.3 Å². The molecule has 1 amide bonds. The lowest BCUT2D eigenvalue weighted by Crippen LogP contribution is -2.30. The summed E-state index contributed by atoms with van der Waals surface area (Å²) in [6, 6.07) is 5.83. The highest BCUT2D eigenvalue weighted by Gasteiger charge is 2.17. The predicted molar refractivity (Wildman–Crippen MR) is 81.3 cm³/mol. The molecule has 0 fully saturated rings. The maximum absolute atomic E-state index is 12.6. The second-order valence-electron chi connectivity index (χ2n) is 4.74. The Kier molecular flexibility index (Phi) is 3.70. The van der Waals surface area contributed by atoms with E-state index in [1.807, 2.05) is 31.4 Å². The van der Waals surface area contributed by atoms with E-state index in [1.54, 1.807) is 28.5 Å². The molecule has 0 saturated carbocycles. The third kappa shape index (κ3) is 2.67. The molecule has 0 saturated heterocycles. The summed E-state index contributed by atoms with van der Waals surface area (Å²) in [6.07, 6.45) is 1.55. The Bertz CT molecular complexity index is 764. The first-order chi connectivity index (χ1) is 10.2. The van der Waals surface area contributed by atoms with Crippen LogP contribution in [0.4, 0.5) is 0 Å². The Labute approximate surface area is 126 Å². The smallest absolute Gasteiger partial charge is 0.257 e. The summed E-state index contributed by atoms with van der Waals surface area (Å²) in [4.78, 5) is 19.8. The molecule has 5 nitrogen and oxygen atoms in total. The molecule has 108 valence electrons. The van der Waals surface area contributed by atoms with E-state index in [0.29, 0.717) is 24.4 Å². The Morgan fingerprint density at radius 3 is 3.05 bits per heavy atom. The number of rotatable bonds is 4. The Morgan fingerprint density at radius 1 is 1.48 bits per heavy atom. The number of carbonyl (C=O) groups excluding carboxylic acids is 1.